The van der Waals surface area contributed by atoms with Crippen LogP contribution in [0.15, 0.2) is 45.6 Å². The van der Waals surface area contributed by atoms with Crippen molar-refractivity contribution < 1.29 is 13.6 Å². The summed E-state index contributed by atoms with van der Waals surface area (Å²) < 4.78 is 18.5. The van der Waals surface area contributed by atoms with Gasteiger partial charge in [0.2, 0.25) is 0 Å². The van der Waals surface area contributed by atoms with Crippen LogP contribution < -0.4 is 16.0 Å². The molecule has 0 atom stereocenters. The van der Waals surface area contributed by atoms with Gasteiger partial charge in [-0.05, 0) is 55.2 Å². The van der Waals surface area contributed by atoms with Gasteiger partial charge in [0.25, 0.3) is 5.91 Å². The Morgan fingerprint density at radius 3 is 2.83 bits per heavy atom. The highest BCUT2D eigenvalue weighted by molar-refractivity contribution is 5.96. The maximum Gasteiger partial charge on any atom is 0.417 e. The van der Waals surface area contributed by atoms with Gasteiger partial charge in [0.05, 0.1) is 11.1 Å². The molecule has 2 aromatic carbocycles. The summed E-state index contributed by atoms with van der Waals surface area (Å²) in [4.78, 5) is 28.3. The van der Waals surface area contributed by atoms with E-state index in [1.54, 1.807) is 30.3 Å². The molecule has 0 unspecified atom stereocenters. The molecule has 2 heterocycles. The first-order valence-electron chi connectivity index (χ1n) is 9.39. The van der Waals surface area contributed by atoms with Crippen LogP contribution in [0, 0.1) is 23.1 Å². The topological polar surface area (TPSA) is 102 Å². The number of carbonyl (C=O) groups is 1. The van der Waals surface area contributed by atoms with Gasteiger partial charge < -0.3 is 14.6 Å². The standard InChI is InChI=1S/C21H19FN4O3/c22-17-3-2-16(9-15(17)11-23)26-7-5-13(6-8-26)12-24-20(27)14-1-4-18-19(10-14)29-21(28)25-18/h1-4,9-10,13H,5-8,12H2,(H,24,27)(H,25,28). The molecule has 1 fully saturated rings. The Labute approximate surface area is 165 Å². The highest BCUT2D eigenvalue weighted by Crippen LogP contribution is 2.25. The van der Waals surface area contributed by atoms with Crippen LogP contribution in [0.25, 0.3) is 11.1 Å². The summed E-state index contributed by atoms with van der Waals surface area (Å²) in [6.07, 6.45) is 1.76. The fourth-order valence-corrected chi connectivity index (χ4v) is 3.62. The lowest BCUT2D eigenvalue weighted by atomic mass is 9.96. The number of aromatic nitrogens is 1. The zero-order chi connectivity index (χ0) is 20.4. The Morgan fingerprint density at radius 1 is 1.28 bits per heavy atom. The van der Waals surface area contributed by atoms with Crippen LogP contribution >= 0.6 is 0 Å². The highest BCUT2D eigenvalue weighted by Gasteiger charge is 2.21. The fourth-order valence-electron chi connectivity index (χ4n) is 3.62. The molecule has 2 N–H and O–H groups in total. The van der Waals surface area contributed by atoms with Crippen molar-refractivity contribution in [2.75, 3.05) is 24.5 Å². The van der Waals surface area contributed by atoms with E-state index in [4.69, 9.17) is 9.68 Å². The molecule has 0 spiro atoms. The van der Waals surface area contributed by atoms with Crippen molar-refractivity contribution in [3.63, 3.8) is 0 Å². The number of hydrogen-bond acceptors (Lipinski definition) is 5. The van der Waals surface area contributed by atoms with Crippen LogP contribution in [-0.2, 0) is 0 Å². The normalized spacial score (nSPS) is 14.7. The molecule has 1 aliphatic rings. The lowest BCUT2D eigenvalue weighted by Gasteiger charge is -2.33. The van der Waals surface area contributed by atoms with Gasteiger partial charge in [-0.3, -0.25) is 9.78 Å². The number of nitriles is 1. The van der Waals surface area contributed by atoms with E-state index >= 15 is 0 Å². The first-order chi connectivity index (χ1) is 14.0. The second-order valence-corrected chi connectivity index (χ2v) is 7.14. The summed E-state index contributed by atoms with van der Waals surface area (Å²) in [5.41, 5.74) is 2.23. The Kier molecular flexibility index (Phi) is 5.04. The number of nitrogens with one attached hydrogen (secondary N) is 2. The molecule has 1 aliphatic heterocycles. The molecule has 3 aromatic rings. The summed E-state index contributed by atoms with van der Waals surface area (Å²) >= 11 is 0. The van der Waals surface area contributed by atoms with Gasteiger partial charge in [0.1, 0.15) is 11.9 Å². The van der Waals surface area contributed by atoms with Gasteiger partial charge in [-0.25, -0.2) is 9.18 Å². The SMILES string of the molecule is N#Cc1cc(N2CCC(CNC(=O)c3ccc4[nH]c(=O)oc4c3)CC2)ccc1F. The summed E-state index contributed by atoms with van der Waals surface area (Å²) in [6.45, 7) is 2.10. The number of amides is 1. The van der Waals surface area contributed by atoms with Gasteiger partial charge in [0, 0.05) is 30.9 Å². The molecule has 1 amide bonds. The number of oxazole rings is 1. The second kappa shape index (κ2) is 7.80. The van der Waals surface area contributed by atoms with Crippen molar-refractivity contribution in [2.45, 2.75) is 12.8 Å². The lowest BCUT2D eigenvalue weighted by molar-refractivity contribution is 0.0945. The van der Waals surface area contributed by atoms with Crippen LogP contribution in [0.5, 0.6) is 0 Å². The van der Waals surface area contributed by atoms with E-state index in [0.29, 0.717) is 29.1 Å². The quantitative estimate of drug-likeness (QED) is 0.708. The van der Waals surface area contributed by atoms with E-state index in [1.807, 2.05) is 6.07 Å². The van der Waals surface area contributed by atoms with Crippen LogP contribution in [0.1, 0.15) is 28.8 Å². The molecular formula is C21H19FN4O3. The van der Waals surface area contributed by atoms with Crippen LogP contribution in [0.2, 0.25) is 0 Å². The number of H-pyrrole nitrogens is 1. The minimum Gasteiger partial charge on any atom is -0.408 e. The molecule has 4 rings (SSSR count). The van der Waals surface area contributed by atoms with Gasteiger partial charge in [0.15, 0.2) is 5.58 Å². The zero-order valence-electron chi connectivity index (χ0n) is 15.6. The van der Waals surface area contributed by atoms with Gasteiger partial charge in [-0.15, -0.1) is 0 Å². The molecule has 1 saturated heterocycles. The molecular weight excluding hydrogens is 375 g/mol. The number of halogens is 1. The van der Waals surface area contributed by atoms with E-state index in [-0.39, 0.29) is 11.5 Å². The first kappa shape index (κ1) is 18.7. The van der Waals surface area contributed by atoms with Gasteiger partial charge >= 0.3 is 5.76 Å². The number of carbonyl (C=O) groups excluding carboxylic acids is 1. The maximum absolute atomic E-state index is 13.5. The number of rotatable bonds is 4. The van der Waals surface area contributed by atoms with E-state index in [0.717, 1.165) is 31.6 Å². The molecule has 0 radical (unpaired) electrons. The van der Waals surface area contributed by atoms with Crippen molar-refractivity contribution in [3.8, 4) is 6.07 Å². The Balaban J connectivity index is 1.32. The molecule has 29 heavy (non-hydrogen) atoms. The average Bonchev–Trinajstić information content (AvgIpc) is 3.12. The summed E-state index contributed by atoms with van der Waals surface area (Å²) in [6, 6.07) is 11.3. The minimum atomic E-state index is -0.549. The first-order valence-corrected chi connectivity index (χ1v) is 9.39. The highest BCUT2D eigenvalue weighted by atomic mass is 19.1. The third-order valence-electron chi connectivity index (χ3n) is 5.28. The summed E-state index contributed by atoms with van der Waals surface area (Å²) in [7, 11) is 0. The van der Waals surface area contributed by atoms with Crippen LogP contribution in [0.3, 0.4) is 0 Å². The molecule has 1 aromatic heterocycles. The number of benzene rings is 2. The second-order valence-electron chi connectivity index (χ2n) is 7.14. The molecule has 148 valence electrons. The van der Waals surface area contributed by atoms with E-state index in [2.05, 4.69) is 15.2 Å². The lowest BCUT2D eigenvalue weighted by Crippen LogP contribution is -2.38. The van der Waals surface area contributed by atoms with E-state index in [1.165, 1.54) is 6.07 Å². The zero-order valence-corrected chi connectivity index (χ0v) is 15.6. The Morgan fingerprint density at radius 2 is 2.07 bits per heavy atom. The van der Waals surface area contributed by atoms with Crippen molar-refractivity contribution in [2.24, 2.45) is 5.92 Å². The fraction of sp³-hybridized carbons (Fsp3) is 0.286. The van der Waals surface area contributed by atoms with Gasteiger partial charge in [-0.2, -0.15) is 5.26 Å². The Bertz CT molecular complexity index is 1150. The summed E-state index contributed by atoms with van der Waals surface area (Å²) in [5, 5.41) is 11.9. The number of hydrogen-bond donors (Lipinski definition) is 2. The Hall–Kier alpha value is -3.60. The third-order valence-corrected chi connectivity index (χ3v) is 5.28. The number of nitrogens with zero attached hydrogens (tertiary/aromatic N) is 2. The molecule has 7 nitrogen and oxygen atoms in total. The van der Waals surface area contributed by atoms with Gasteiger partial charge in [-0.1, -0.05) is 0 Å². The third kappa shape index (κ3) is 3.99. The molecule has 8 heteroatoms. The smallest absolute Gasteiger partial charge is 0.408 e. The molecule has 0 bridgehead atoms. The van der Waals surface area contributed by atoms with Crippen molar-refractivity contribution >= 4 is 22.7 Å². The summed E-state index contributed by atoms with van der Waals surface area (Å²) in [5.74, 6) is -0.936. The maximum atomic E-state index is 13.5. The number of fused-ring (bicyclic) bond motifs is 1. The van der Waals surface area contributed by atoms with Crippen LogP contribution in [-0.4, -0.2) is 30.5 Å². The van der Waals surface area contributed by atoms with E-state index < -0.39 is 11.6 Å². The minimum absolute atomic E-state index is 0.0483. The van der Waals surface area contributed by atoms with Crippen molar-refractivity contribution in [1.29, 1.82) is 5.26 Å². The number of aromatic amines is 1. The monoisotopic (exact) mass is 394 g/mol. The number of piperidine rings is 1. The average molecular weight is 394 g/mol. The van der Waals surface area contributed by atoms with E-state index in [9.17, 15) is 14.0 Å². The predicted molar refractivity (Wildman–Crippen MR) is 105 cm³/mol. The molecule has 0 aliphatic carbocycles. The predicted octanol–water partition coefficient (Wildman–Crippen LogP) is 2.78. The largest absolute Gasteiger partial charge is 0.417 e. The van der Waals surface area contributed by atoms with Crippen molar-refractivity contribution in [1.82, 2.24) is 10.3 Å². The van der Waals surface area contributed by atoms with Crippen LogP contribution in [0.4, 0.5) is 10.1 Å². The van der Waals surface area contributed by atoms with Crippen molar-refractivity contribution in [3.05, 3.63) is 63.9 Å². The molecule has 0 saturated carbocycles. The number of anilines is 1.